The van der Waals surface area contributed by atoms with Crippen LogP contribution in [0.1, 0.15) is 41.6 Å². The molecular formula is C26H21FN4O8. The standard InChI is InChI=1S/C26H21FN4O8/c1-14(32)30-26(17-6-10-19(11-7-17)28-24(34)16-4-8-18(27)9-5-16)39-25(29-30)21-12-20(31(35)36)13-22(37-3)23(21)38-15(2)33/h4-13,26H,1-3H3,(H,28,34)/t26-/m0/s1. The lowest BCUT2D eigenvalue weighted by molar-refractivity contribution is -0.385. The Morgan fingerprint density at radius 2 is 1.74 bits per heavy atom. The number of rotatable bonds is 7. The predicted octanol–water partition coefficient (Wildman–Crippen LogP) is 4.16. The number of nitrogens with zero attached hydrogens (tertiary/aromatic N) is 3. The maximum atomic E-state index is 13.1. The molecule has 0 saturated heterocycles. The third-order valence-electron chi connectivity index (χ3n) is 5.47. The first-order valence-electron chi connectivity index (χ1n) is 11.3. The molecule has 200 valence electrons. The highest BCUT2D eigenvalue weighted by molar-refractivity contribution is 6.04. The third-order valence-corrected chi connectivity index (χ3v) is 5.47. The molecule has 0 fully saturated rings. The lowest BCUT2D eigenvalue weighted by atomic mass is 10.1. The van der Waals surface area contributed by atoms with Crippen LogP contribution in [-0.2, 0) is 14.3 Å². The number of non-ortho nitro benzene ring substituents is 1. The predicted molar refractivity (Wildman–Crippen MR) is 135 cm³/mol. The van der Waals surface area contributed by atoms with Crippen LogP contribution >= 0.6 is 0 Å². The highest BCUT2D eigenvalue weighted by atomic mass is 19.1. The normalized spacial score (nSPS) is 14.2. The van der Waals surface area contributed by atoms with Crippen molar-refractivity contribution in [3.05, 3.63) is 93.3 Å². The summed E-state index contributed by atoms with van der Waals surface area (Å²) in [5, 5.41) is 19.4. The van der Waals surface area contributed by atoms with Crippen LogP contribution in [0.15, 0.2) is 65.8 Å². The first-order valence-corrected chi connectivity index (χ1v) is 11.3. The highest BCUT2D eigenvalue weighted by Crippen LogP contribution is 2.40. The molecule has 1 aliphatic rings. The summed E-state index contributed by atoms with van der Waals surface area (Å²) in [5.41, 5.74) is 0.671. The molecule has 1 N–H and O–H groups in total. The Hall–Kier alpha value is -5.33. The molecule has 3 aromatic carbocycles. The van der Waals surface area contributed by atoms with Gasteiger partial charge in [-0.15, -0.1) is 5.10 Å². The fraction of sp³-hybridized carbons (Fsp3) is 0.154. The van der Waals surface area contributed by atoms with Gasteiger partial charge in [-0.1, -0.05) is 12.1 Å². The second-order valence-electron chi connectivity index (χ2n) is 8.20. The number of benzene rings is 3. The number of methoxy groups -OCH3 is 1. The average Bonchev–Trinajstić information content (AvgIpc) is 3.35. The zero-order valence-electron chi connectivity index (χ0n) is 20.8. The average molecular weight is 536 g/mol. The smallest absolute Gasteiger partial charge is 0.308 e. The quantitative estimate of drug-likeness (QED) is 0.205. The minimum atomic E-state index is -1.07. The molecule has 0 aromatic heterocycles. The second kappa shape index (κ2) is 11.0. The van der Waals surface area contributed by atoms with Crippen LogP contribution in [0.3, 0.4) is 0 Å². The number of esters is 1. The van der Waals surface area contributed by atoms with Crippen molar-refractivity contribution in [3.8, 4) is 11.5 Å². The molecule has 0 aliphatic carbocycles. The molecule has 1 atom stereocenters. The van der Waals surface area contributed by atoms with E-state index in [0.29, 0.717) is 11.3 Å². The summed E-state index contributed by atoms with van der Waals surface area (Å²) < 4.78 is 29.5. The van der Waals surface area contributed by atoms with Crippen molar-refractivity contribution in [2.45, 2.75) is 20.1 Å². The van der Waals surface area contributed by atoms with Crippen molar-refractivity contribution in [3.63, 3.8) is 0 Å². The molecule has 0 spiro atoms. The van der Waals surface area contributed by atoms with Crippen molar-refractivity contribution in [2.24, 2.45) is 5.10 Å². The third kappa shape index (κ3) is 5.82. The Balaban J connectivity index is 1.63. The minimum Gasteiger partial charge on any atom is -0.493 e. The maximum Gasteiger partial charge on any atom is 0.308 e. The lowest BCUT2D eigenvalue weighted by Crippen LogP contribution is -2.25. The van der Waals surface area contributed by atoms with Gasteiger partial charge in [-0.2, -0.15) is 5.01 Å². The number of hydrogen-bond donors (Lipinski definition) is 1. The fourth-order valence-electron chi connectivity index (χ4n) is 3.68. The number of nitro benzene ring substituents is 1. The number of hydrazone groups is 1. The van der Waals surface area contributed by atoms with Gasteiger partial charge < -0.3 is 19.5 Å². The summed E-state index contributed by atoms with van der Waals surface area (Å²) in [6, 6.07) is 13.5. The van der Waals surface area contributed by atoms with Gasteiger partial charge >= 0.3 is 5.97 Å². The Morgan fingerprint density at radius 1 is 1.08 bits per heavy atom. The Kier molecular flexibility index (Phi) is 7.51. The van der Waals surface area contributed by atoms with Gasteiger partial charge in [0, 0.05) is 36.7 Å². The molecule has 1 heterocycles. The van der Waals surface area contributed by atoms with Crippen molar-refractivity contribution in [2.75, 3.05) is 12.4 Å². The Bertz CT molecular complexity index is 1490. The molecule has 13 heteroatoms. The summed E-state index contributed by atoms with van der Waals surface area (Å²) in [4.78, 5) is 47.4. The van der Waals surface area contributed by atoms with Gasteiger partial charge in [0.25, 0.3) is 11.6 Å². The molecule has 4 rings (SSSR count). The lowest BCUT2D eigenvalue weighted by Gasteiger charge is -2.20. The van der Waals surface area contributed by atoms with E-state index in [0.717, 1.165) is 24.1 Å². The number of carbonyl (C=O) groups excluding carboxylic acids is 3. The van der Waals surface area contributed by atoms with E-state index in [9.17, 15) is 28.9 Å². The fourth-order valence-corrected chi connectivity index (χ4v) is 3.68. The van der Waals surface area contributed by atoms with Crippen molar-refractivity contribution in [1.29, 1.82) is 0 Å². The largest absolute Gasteiger partial charge is 0.493 e. The minimum absolute atomic E-state index is 0.0758. The number of nitrogens with one attached hydrogen (secondary N) is 1. The number of nitro groups is 1. The number of amides is 2. The molecule has 0 radical (unpaired) electrons. The van der Waals surface area contributed by atoms with E-state index in [-0.39, 0.29) is 34.2 Å². The van der Waals surface area contributed by atoms with E-state index in [2.05, 4.69) is 10.4 Å². The van der Waals surface area contributed by atoms with Gasteiger partial charge in [-0.3, -0.25) is 24.5 Å². The van der Waals surface area contributed by atoms with Crippen molar-refractivity contribution in [1.82, 2.24) is 5.01 Å². The first-order chi connectivity index (χ1) is 18.6. The zero-order valence-corrected chi connectivity index (χ0v) is 20.8. The molecular weight excluding hydrogens is 515 g/mol. The Morgan fingerprint density at radius 3 is 2.31 bits per heavy atom. The van der Waals surface area contributed by atoms with Crippen LogP contribution in [0.2, 0.25) is 0 Å². The molecule has 2 amide bonds. The van der Waals surface area contributed by atoms with Gasteiger partial charge in [-0.25, -0.2) is 4.39 Å². The molecule has 3 aromatic rings. The monoisotopic (exact) mass is 536 g/mol. The van der Waals surface area contributed by atoms with E-state index in [1.54, 1.807) is 24.3 Å². The summed E-state index contributed by atoms with van der Waals surface area (Å²) in [6.45, 7) is 2.39. The van der Waals surface area contributed by atoms with E-state index in [4.69, 9.17) is 14.2 Å². The summed E-state index contributed by atoms with van der Waals surface area (Å²) >= 11 is 0. The number of halogens is 1. The SMILES string of the molecule is COc1cc([N+](=O)[O-])cc(C2=NN(C(C)=O)[C@H](c3ccc(NC(=O)c4ccc(F)cc4)cc3)O2)c1OC(C)=O. The molecule has 0 bridgehead atoms. The highest BCUT2D eigenvalue weighted by Gasteiger charge is 2.36. The summed E-state index contributed by atoms with van der Waals surface area (Å²) in [5.74, 6) is -2.64. The van der Waals surface area contributed by atoms with Crippen LogP contribution in [-0.4, -0.2) is 40.7 Å². The van der Waals surface area contributed by atoms with Crippen molar-refractivity contribution >= 4 is 35.1 Å². The molecule has 39 heavy (non-hydrogen) atoms. The van der Waals surface area contributed by atoms with Crippen molar-refractivity contribution < 1.29 is 37.9 Å². The molecule has 12 nitrogen and oxygen atoms in total. The van der Waals surface area contributed by atoms with Gasteiger partial charge in [0.15, 0.2) is 11.5 Å². The molecule has 0 saturated carbocycles. The zero-order chi connectivity index (χ0) is 28.3. The topological polar surface area (TPSA) is 150 Å². The van der Waals surface area contributed by atoms with Gasteiger partial charge in [0.2, 0.25) is 18.0 Å². The molecule has 0 unspecified atom stereocenters. The Labute approximate surface area is 220 Å². The summed E-state index contributed by atoms with van der Waals surface area (Å²) in [6.07, 6.45) is -1.07. The van der Waals surface area contributed by atoms with Gasteiger partial charge in [-0.05, 0) is 36.4 Å². The van der Waals surface area contributed by atoms with E-state index >= 15 is 0 Å². The van der Waals surface area contributed by atoms with Crippen LogP contribution in [0.5, 0.6) is 11.5 Å². The van der Waals surface area contributed by atoms with Crippen LogP contribution in [0.25, 0.3) is 0 Å². The number of hydrogen-bond acceptors (Lipinski definition) is 9. The van der Waals surface area contributed by atoms with Crippen LogP contribution in [0, 0.1) is 15.9 Å². The molecule has 1 aliphatic heterocycles. The second-order valence-corrected chi connectivity index (χ2v) is 8.20. The van der Waals surface area contributed by atoms with E-state index in [1.165, 1.54) is 38.3 Å². The maximum absolute atomic E-state index is 13.1. The van der Waals surface area contributed by atoms with E-state index < -0.39 is 34.8 Å². The van der Waals surface area contributed by atoms with E-state index in [1.807, 2.05) is 0 Å². The van der Waals surface area contributed by atoms with Gasteiger partial charge in [0.1, 0.15) is 5.82 Å². The van der Waals surface area contributed by atoms with Crippen LogP contribution in [0.4, 0.5) is 15.8 Å². The van der Waals surface area contributed by atoms with Crippen LogP contribution < -0.4 is 14.8 Å². The summed E-state index contributed by atoms with van der Waals surface area (Å²) in [7, 11) is 1.24. The first kappa shape index (κ1) is 26.7. The number of carbonyl (C=O) groups is 3. The number of ether oxygens (including phenoxy) is 3. The number of anilines is 1. The van der Waals surface area contributed by atoms with Gasteiger partial charge in [0.05, 0.1) is 23.7 Å².